The molecular formula is C17H16ClN5. The van der Waals surface area contributed by atoms with Gasteiger partial charge in [-0.1, -0.05) is 48.0 Å². The van der Waals surface area contributed by atoms with Crippen molar-refractivity contribution in [1.29, 1.82) is 0 Å². The third-order valence-electron chi connectivity index (χ3n) is 3.31. The number of aromatic nitrogens is 3. The summed E-state index contributed by atoms with van der Waals surface area (Å²) in [6.45, 7) is 2.64. The van der Waals surface area contributed by atoms with Crippen LogP contribution in [0.3, 0.4) is 0 Å². The van der Waals surface area contributed by atoms with Gasteiger partial charge in [-0.25, -0.2) is 0 Å². The number of nitrogens with zero attached hydrogens (tertiary/aromatic N) is 3. The molecule has 0 amide bonds. The number of rotatable bonds is 5. The Bertz CT molecular complexity index is 792. The number of aryl methyl sites for hydroxylation is 1. The van der Waals surface area contributed by atoms with Gasteiger partial charge in [-0.3, -0.25) is 0 Å². The van der Waals surface area contributed by atoms with Gasteiger partial charge < -0.3 is 10.6 Å². The van der Waals surface area contributed by atoms with E-state index in [0.29, 0.717) is 23.3 Å². The predicted molar refractivity (Wildman–Crippen MR) is 93.1 cm³/mol. The van der Waals surface area contributed by atoms with E-state index in [0.717, 1.165) is 16.8 Å². The van der Waals surface area contributed by atoms with Gasteiger partial charge in [-0.2, -0.15) is 10.1 Å². The lowest BCUT2D eigenvalue weighted by atomic mass is 10.2. The van der Waals surface area contributed by atoms with Gasteiger partial charge in [-0.15, -0.1) is 5.10 Å². The van der Waals surface area contributed by atoms with Crippen LogP contribution in [-0.2, 0) is 6.54 Å². The molecule has 0 radical (unpaired) electrons. The first kappa shape index (κ1) is 15.2. The molecule has 0 spiro atoms. The molecule has 2 N–H and O–H groups in total. The van der Waals surface area contributed by atoms with E-state index in [2.05, 4.69) is 25.8 Å². The van der Waals surface area contributed by atoms with Crippen LogP contribution in [0.25, 0.3) is 0 Å². The zero-order valence-electron chi connectivity index (χ0n) is 12.6. The minimum Gasteiger partial charge on any atom is -0.349 e. The molecule has 0 bridgehead atoms. The molecule has 0 aliphatic rings. The fourth-order valence-corrected chi connectivity index (χ4v) is 2.25. The Morgan fingerprint density at radius 3 is 2.74 bits per heavy atom. The van der Waals surface area contributed by atoms with Crippen molar-refractivity contribution < 1.29 is 0 Å². The average molecular weight is 326 g/mol. The lowest BCUT2D eigenvalue weighted by Gasteiger charge is -2.10. The number of nitrogens with one attached hydrogen (secondary N) is 2. The lowest BCUT2D eigenvalue weighted by molar-refractivity contribution is 0.948. The van der Waals surface area contributed by atoms with E-state index >= 15 is 0 Å². The number of anilines is 3. The van der Waals surface area contributed by atoms with Gasteiger partial charge in [-0.05, 0) is 30.2 Å². The maximum absolute atomic E-state index is 6.03. The van der Waals surface area contributed by atoms with Crippen LogP contribution in [0, 0.1) is 6.92 Å². The zero-order chi connectivity index (χ0) is 16.1. The molecule has 3 aromatic rings. The van der Waals surface area contributed by atoms with Crippen LogP contribution in [0.15, 0.2) is 54.7 Å². The monoisotopic (exact) mass is 325 g/mol. The van der Waals surface area contributed by atoms with E-state index in [1.807, 2.05) is 55.5 Å². The van der Waals surface area contributed by atoms with Gasteiger partial charge in [0, 0.05) is 17.3 Å². The Kier molecular flexibility index (Phi) is 4.68. The molecule has 0 aliphatic carbocycles. The van der Waals surface area contributed by atoms with Gasteiger partial charge in [0.25, 0.3) is 0 Å². The smallest absolute Gasteiger partial charge is 0.244 e. The van der Waals surface area contributed by atoms with Gasteiger partial charge in [0.15, 0.2) is 5.82 Å². The van der Waals surface area contributed by atoms with Crippen molar-refractivity contribution in [3.8, 4) is 0 Å². The Morgan fingerprint density at radius 2 is 1.91 bits per heavy atom. The maximum atomic E-state index is 6.03. The van der Waals surface area contributed by atoms with Crippen molar-refractivity contribution in [3.05, 3.63) is 70.9 Å². The van der Waals surface area contributed by atoms with Crippen LogP contribution in [0.4, 0.5) is 17.5 Å². The van der Waals surface area contributed by atoms with Crippen LogP contribution in [0.5, 0.6) is 0 Å². The van der Waals surface area contributed by atoms with Crippen molar-refractivity contribution in [2.75, 3.05) is 10.6 Å². The van der Waals surface area contributed by atoms with Crippen LogP contribution in [-0.4, -0.2) is 15.2 Å². The van der Waals surface area contributed by atoms with Crippen LogP contribution >= 0.6 is 11.6 Å². The summed E-state index contributed by atoms with van der Waals surface area (Å²) in [5.41, 5.74) is 3.12. The fourth-order valence-electron chi connectivity index (χ4n) is 2.08. The molecule has 0 saturated heterocycles. The number of hydrogen-bond donors (Lipinski definition) is 2. The van der Waals surface area contributed by atoms with Gasteiger partial charge >= 0.3 is 0 Å². The van der Waals surface area contributed by atoms with Crippen molar-refractivity contribution >= 4 is 29.1 Å². The summed E-state index contributed by atoms with van der Waals surface area (Å²) in [4.78, 5) is 4.41. The Morgan fingerprint density at radius 1 is 1.09 bits per heavy atom. The molecule has 6 heteroatoms. The first-order valence-electron chi connectivity index (χ1n) is 7.21. The van der Waals surface area contributed by atoms with E-state index < -0.39 is 0 Å². The summed E-state index contributed by atoms with van der Waals surface area (Å²) in [5, 5.41) is 15.0. The van der Waals surface area contributed by atoms with Crippen molar-refractivity contribution in [3.63, 3.8) is 0 Å². The predicted octanol–water partition coefficient (Wildman–Crippen LogP) is 4.19. The first-order valence-corrected chi connectivity index (χ1v) is 7.59. The molecule has 2 aromatic carbocycles. The summed E-state index contributed by atoms with van der Waals surface area (Å²) >= 11 is 6.03. The third kappa shape index (κ3) is 4.17. The quantitative estimate of drug-likeness (QED) is 0.736. The van der Waals surface area contributed by atoms with E-state index in [4.69, 9.17) is 11.6 Å². The molecule has 116 valence electrons. The van der Waals surface area contributed by atoms with Crippen molar-refractivity contribution in [1.82, 2.24) is 15.2 Å². The van der Waals surface area contributed by atoms with Crippen LogP contribution in [0.2, 0.25) is 5.02 Å². The van der Waals surface area contributed by atoms with Gasteiger partial charge in [0.2, 0.25) is 5.95 Å². The highest BCUT2D eigenvalue weighted by atomic mass is 35.5. The highest BCUT2D eigenvalue weighted by molar-refractivity contribution is 6.30. The molecular weight excluding hydrogens is 310 g/mol. The molecule has 1 aromatic heterocycles. The molecule has 0 aliphatic heterocycles. The van der Waals surface area contributed by atoms with Gasteiger partial charge in [0.1, 0.15) is 0 Å². The third-order valence-corrected chi connectivity index (χ3v) is 3.55. The summed E-state index contributed by atoms with van der Waals surface area (Å²) in [7, 11) is 0. The molecule has 0 fully saturated rings. The van der Waals surface area contributed by atoms with E-state index in [-0.39, 0.29) is 0 Å². The van der Waals surface area contributed by atoms with Crippen LogP contribution < -0.4 is 10.6 Å². The topological polar surface area (TPSA) is 62.7 Å². The first-order chi connectivity index (χ1) is 11.2. The van der Waals surface area contributed by atoms with E-state index in [1.54, 1.807) is 6.20 Å². The molecule has 3 rings (SSSR count). The fraction of sp³-hybridized carbons (Fsp3) is 0.118. The second kappa shape index (κ2) is 7.07. The van der Waals surface area contributed by atoms with Crippen LogP contribution in [0.1, 0.15) is 11.1 Å². The number of benzene rings is 2. The standard InChI is InChI=1S/C17H16ClN5/c1-12-7-8-14(18)9-15(12)21-16-11-20-23-17(22-16)19-10-13-5-3-2-4-6-13/h2-9,11H,10H2,1H3,(H2,19,21,22,23). The molecule has 0 saturated carbocycles. The normalized spacial score (nSPS) is 10.3. The Balaban J connectivity index is 1.71. The molecule has 5 nitrogen and oxygen atoms in total. The zero-order valence-corrected chi connectivity index (χ0v) is 13.4. The minimum absolute atomic E-state index is 0.471. The molecule has 0 unspecified atom stereocenters. The highest BCUT2D eigenvalue weighted by Crippen LogP contribution is 2.23. The summed E-state index contributed by atoms with van der Waals surface area (Å²) in [6.07, 6.45) is 1.58. The molecule has 1 heterocycles. The van der Waals surface area contributed by atoms with E-state index in [9.17, 15) is 0 Å². The highest BCUT2D eigenvalue weighted by Gasteiger charge is 2.04. The van der Waals surface area contributed by atoms with E-state index in [1.165, 1.54) is 0 Å². The number of halogens is 1. The SMILES string of the molecule is Cc1ccc(Cl)cc1Nc1cnnc(NCc2ccccc2)n1. The maximum Gasteiger partial charge on any atom is 0.244 e. The second-order valence-electron chi connectivity index (χ2n) is 5.09. The largest absolute Gasteiger partial charge is 0.349 e. The summed E-state index contributed by atoms with van der Waals surface area (Å²) in [5.74, 6) is 1.08. The molecule has 23 heavy (non-hydrogen) atoms. The van der Waals surface area contributed by atoms with Gasteiger partial charge in [0.05, 0.1) is 6.20 Å². The number of hydrogen-bond acceptors (Lipinski definition) is 5. The minimum atomic E-state index is 0.471. The Hall–Kier alpha value is -2.66. The van der Waals surface area contributed by atoms with Crippen molar-refractivity contribution in [2.45, 2.75) is 13.5 Å². The average Bonchev–Trinajstić information content (AvgIpc) is 2.58. The second-order valence-corrected chi connectivity index (χ2v) is 5.53. The summed E-state index contributed by atoms with van der Waals surface area (Å²) < 4.78 is 0. The van der Waals surface area contributed by atoms with Crippen molar-refractivity contribution in [2.24, 2.45) is 0 Å². The lowest BCUT2D eigenvalue weighted by Crippen LogP contribution is -2.06. The Labute approximate surface area is 139 Å². The molecule has 0 atom stereocenters. The summed E-state index contributed by atoms with van der Waals surface area (Å²) in [6, 6.07) is 15.7.